The van der Waals surface area contributed by atoms with Crippen molar-refractivity contribution in [1.29, 1.82) is 0 Å². The molecule has 0 aliphatic carbocycles. The molecule has 1 heterocycles. The predicted octanol–water partition coefficient (Wildman–Crippen LogP) is 3.29. The highest BCUT2D eigenvalue weighted by Gasteiger charge is 2.17. The van der Waals surface area contributed by atoms with Gasteiger partial charge < -0.3 is 20.5 Å². The maximum atomic E-state index is 5.88. The number of hydrogen-bond acceptors (Lipinski definition) is 4. The first-order chi connectivity index (χ1) is 9.76. The first-order valence-electron chi connectivity index (χ1n) is 6.38. The van der Waals surface area contributed by atoms with Gasteiger partial charge in [-0.25, -0.2) is 0 Å². The molecule has 4 nitrogen and oxygen atoms in total. The third-order valence-electron chi connectivity index (χ3n) is 3.22. The van der Waals surface area contributed by atoms with Crippen LogP contribution in [0.5, 0.6) is 11.5 Å². The number of ether oxygens (including phenoxy) is 2. The lowest BCUT2D eigenvalue weighted by molar-refractivity contribution is 0.174. The van der Waals surface area contributed by atoms with E-state index in [9.17, 15) is 0 Å². The second kappa shape index (κ2) is 5.73. The molecule has 2 aromatic rings. The molecule has 0 saturated carbocycles. The van der Waals surface area contributed by atoms with Gasteiger partial charge in [-0.3, -0.25) is 0 Å². The van der Waals surface area contributed by atoms with Crippen LogP contribution in [0.1, 0.15) is 11.6 Å². The van der Waals surface area contributed by atoms with Gasteiger partial charge >= 0.3 is 0 Å². The number of anilines is 1. The van der Waals surface area contributed by atoms with Crippen molar-refractivity contribution in [2.24, 2.45) is 5.73 Å². The topological polar surface area (TPSA) is 56.5 Å². The standard InChI is InChI=1S/C15H15BrN2O2/c16-11-2-4-12(5-3-11)18-13(8-17)10-1-6-14-15(7-10)20-9-19-14/h1-7,13,18H,8-9,17H2. The Morgan fingerprint density at radius 2 is 1.85 bits per heavy atom. The van der Waals surface area contributed by atoms with Gasteiger partial charge in [0.2, 0.25) is 6.79 Å². The van der Waals surface area contributed by atoms with Crippen molar-refractivity contribution in [1.82, 2.24) is 0 Å². The molecule has 1 unspecified atom stereocenters. The Hall–Kier alpha value is -1.72. The van der Waals surface area contributed by atoms with Crippen LogP contribution in [-0.4, -0.2) is 13.3 Å². The van der Waals surface area contributed by atoms with E-state index in [1.807, 2.05) is 42.5 Å². The largest absolute Gasteiger partial charge is 0.454 e. The number of hydrogen-bond donors (Lipinski definition) is 2. The van der Waals surface area contributed by atoms with Crippen molar-refractivity contribution >= 4 is 21.6 Å². The Morgan fingerprint density at radius 3 is 2.60 bits per heavy atom. The van der Waals surface area contributed by atoms with Gasteiger partial charge in [0, 0.05) is 16.7 Å². The minimum atomic E-state index is 0.0330. The Balaban J connectivity index is 1.81. The average molecular weight is 335 g/mol. The van der Waals surface area contributed by atoms with Gasteiger partial charge in [-0.2, -0.15) is 0 Å². The molecule has 0 aromatic heterocycles. The van der Waals surface area contributed by atoms with Crippen LogP contribution in [0.4, 0.5) is 5.69 Å². The summed E-state index contributed by atoms with van der Waals surface area (Å²) in [4.78, 5) is 0. The fourth-order valence-corrected chi connectivity index (χ4v) is 2.42. The summed E-state index contributed by atoms with van der Waals surface area (Å²) in [6.07, 6.45) is 0. The smallest absolute Gasteiger partial charge is 0.231 e. The lowest BCUT2D eigenvalue weighted by Crippen LogP contribution is -2.20. The molecule has 20 heavy (non-hydrogen) atoms. The van der Waals surface area contributed by atoms with Crippen molar-refractivity contribution in [2.75, 3.05) is 18.7 Å². The lowest BCUT2D eigenvalue weighted by atomic mass is 10.1. The second-order valence-electron chi connectivity index (χ2n) is 4.55. The van der Waals surface area contributed by atoms with Gasteiger partial charge in [0.15, 0.2) is 11.5 Å². The van der Waals surface area contributed by atoms with Gasteiger partial charge in [-0.05, 0) is 42.0 Å². The van der Waals surface area contributed by atoms with Crippen molar-refractivity contribution in [3.05, 3.63) is 52.5 Å². The molecule has 0 fully saturated rings. The zero-order chi connectivity index (χ0) is 13.9. The van der Waals surface area contributed by atoms with E-state index in [1.165, 1.54) is 0 Å². The van der Waals surface area contributed by atoms with E-state index in [4.69, 9.17) is 15.2 Å². The SMILES string of the molecule is NCC(Nc1ccc(Br)cc1)c1ccc2c(c1)OCO2. The highest BCUT2D eigenvalue weighted by atomic mass is 79.9. The van der Waals surface area contributed by atoms with E-state index in [0.717, 1.165) is 27.2 Å². The first-order valence-corrected chi connectivity index (χ1v) is 7.17. The molecule has 0 bridgehead atoms. The quantitative estimate of drug-likeness (QED) is 0.900. The van der Waals surface area contributed by atoms with Gasteiger partial charge in [0.25, 0.3) is 0 Å². The molecule has 1 aliphatic rings. The molecule has 0 amide bonds. The molecule has 3 rings (SSSR count). The zero-order valence-electron chi connectivity index (χ0n) is 10.8. The molecule has 0 spiro atoms. The van der Waals surface area contributed by atoms with Crippen LogP contribution >= 0.6 is 15.9 Å². The van der Waals surface area contributed by atoms with E-state index >= 15 is 0 Å². The molecule has 5 heteroatoms. The molecule has 2 aromatic carbocycles. The van der Waals surface area contributed by atoms with E-state index < -0.39 is 0 Å². The number of nitrogens with one attached hydrogen (secondary N) is 1. The van der Waals surface area contributed by atoms with E-state index in [2.05, 4.69) is 21.2 Å². The minimum absolute atomic E-state index is 0.0330. The molecule has 1 aliphatic heterocycles. The van der Waals surface area contributed by atoms with Crippen LogP contribution in [0.15, 0.2) is 46.9 Å². The molecule has 104 valence electrons. The summed E-state index contributed by atoms with van der Waals surface area (Å²) in [5, 5.41) is 3.42. The average Bonchev–Trinajstić information content (AvgIpc) is 2.94. The summed E-state index contributed by atoms with van der Waals surface area (Å²) in [5.41, 5.74) is 8.00. The monoisotopic (exact) mass is 334 g/mol. The summed E-state index contributed by atoms with van der Waals surface area (Å²) in [5.74, 6) is 1.56. The van der Waals surface area contributed by atoms with Crippen LogP contribution in [0.25, 0.3) is 0 Å². The Morgan fingerprint density at radius 1 is 1.10 bits per heavy atom. The summed E-state index contributed by atoms with van der Waals surface area (Å²) in [6.45, 7) is 0.780. The molecule has 0 radical (unpaired) electrons. The van der Waals surface area contributed by atoms with Crippen LogP contribution in [0, 0.1) is 0 Å². The number of fused-ring (bicyclic) bond motifs is 1. The molecular formula is C15H15BrN2O2. The molecule has 0 saturated heterocycles. The lowest BCUT2D eigenvalue weighted by Gasteiger charge is -2.19. The van der Waals surface area contributed by atoms with Crippen molar-refractivity contribution in [2.45, 2.75) is 6.04 Å². The van der Waals surface area contributed by atoms with Crippen molar-refractivity contribution in [3.8, 4) is 11.5 Å². The van der Waals surface area contributed by atoms with E-state index in [0.29, 0.717) is 6.54 Å². The van der Waals surface area contributed by atoms with Crippen LogP contribution in [0.2, 0.25) is 0 Å². The maximum Gasteiger partial charge on any atom is 0.231 e. The number of rotatable bonds is 4. The highest BCUT2D eigenvalue weighted by Crippen LogP contribution is 2.34. The number of benzene rings is 2. The maximum absolute atomic E-state index is 5.88. The fraction of sp³-hybridized carbons (Fsp3) is 0.200. The van der Waals surface area contributed by atoms with Gasteiger partial charge in [0.1, 0.15) is 0 Å². The predicted molar refractivity (Wildman–Crippen MR) is 82.1 cm³/mol. The normalized spacial score (nSPS) is 14.1. The molecule has 3 N–H and O–H groups in total. The van der Waals surface area contributed by atoms with Crippen LogP contribution in [0.3, 0.4) is 0 Å². The number of nitrogens with two attached hydrogens (primary N) is 1. The number of halogens is 1. The molecular weight excluding hydrogens is 320 g/mol. The minimum Gasteiger partial charge on any atom is -0.454 e. The second-order valence-corrected chi connectivity index (χ2v) is 5.47. The van der Waals surface area contributed by atoms with Gasteiger partial charge in [-0.1, -0.05) is 22.0 Å². The van der Waals surface area contributed by atoms with Gasteiger partial charge in [0.05, 0.1) is 6.04 Å². The third kappa shape index (κ3) is 2.73. The first kappa shape index (κ1) is 13.3. The summed E-state index contributed by atoms with van der Waals surface area (Å²) < 4.78 is 11.8. The third-order valence-corrected chi connectivity index (χ3v) is 3.75. The van der Waals surface area contributed by atoms with Crippen LogP contribution < -0.4 is 20.5 Å². The molecule has 1 atom stereocenters. The van der Waals surface area contributed by atoms with Crippen molar-refractivity contribution in [3.63, 3.8) is 0 Å². The zero-order valence-corrected chi connectivity index (χ0v) is 12.4. The van der Waals surface area contributed by atoms with Crippen LogP contribution in [-0.2, 0) is 0 Å². The summed E-state index contributed by atoms with van der Waals surface area (Å²) in [7, 11) is 0. The fourth-order valence-electron chi connectivity index (χ4n) is 2.16. The van der Waals surface area contributed by atoms with Gasteiger partial charge in [-0.15, -0.1) is 0 Å². The Kier molecular flexibility index (Phi) is 3.80. The van der Waals surface area contributed by atoms with Crippen molar-refractivity contribution < 1.29 is 9.47 Å². The van der Waals surface area contributed by atoms with E-state index in [1.54, 1.807) is 0 Å². The Labute approximate surface area is 126 Å². The summed E-state index contributed by atoms with van der Waals surface area (Å²) >= 11 is 3.42. The highest BCUT2D eigenvalue weighted by molar-refractivity contribution is 9.10. The van der Waals surface area contributed by atoms with E-state index in [-0.39, 0.29) is 12.8 Å². The summed E-state index contributed by atoms with van der Waals surface area (Å²) in [6, 6.07) is 14.0. The Bertz CT molecular complexity index is 601.